The maximum absolute atomic E-state index is 10.7. The lowest BCUT2D eigenvalue weighted by molar-refractivity contribution is -0.384. The molecule has 19 heavy (non-hydrogen) atoms. The maximum Gasteiger partial charge on any atom is 0.270 e. The lowest BCUT2D eigenvalue weighted by atomic mass is 10.1. The van der Waals surface area contributed by atoms with E-state index in [2.05, 4.69) is 26.1 Å². The summed E-state index contributed by atoms with van der Waals surface area (Å²) in [5.41, 5.74) is 1.82. The topological polar surface area (TPSA) is 55.2 Å². The van der Waals surface area contributed by atoms with Crippen LogP contribution in [0.3, 0.4) is 0 Å². The minimum atomic E-state index is -0.420. The van der Waals surface area contributed by atoms with Crippen LogP contribution >= 0.6 is 11.6 Å². The number of hydrogen-bond acceptors (Lipinski definition) is 3. The number of benzene rings is 1. The fraction of sp³-hybridized carbons (Fsp3) is 0.429. The molecule has 104 valence electrons. The summed E-state index contributed by atoms with van der Waals surface area (Å²) in [6.07, 6.45) is 1.87. The Morgan fingerprint density at radius 1 is 1.47 bits per heavy atom. The quantitative estimate of drug-likeness (QED) is 0.670. The van der Waals surface area contributed by atoms with Crippen molar-refractivity contribution in [3.8, 4) is 0 Å². The maximum atomic E-state index is 10.7. The molecular weight excluding hydrogens is 264 g/mol. The third-order valence-electron chi connectivity index (χ3n) is 2.49. The summed E-state index contributed by atoms with van der Waals surface area (Å²) in [4.78, 5) is 10.3. The van der Waals surface area contributed by atoms with Crippen molar-refractivity contribution in [2.75, 3.05) is 6.54 Å². The first-order valence-corrected chi connectivity index (χ1v) is 6.43. The van der Waals surface area contributed by atoms with Crippen LogP contribution in [0.1, 0.15) is 33.3 Å². The molecule has 0 unspecified atom stereocenters. The minimum absolute atomic E-state index is 0.0293. The molecule has 5 heteroatoms. The van der Waals surface area contributed by atoms with E-state index in [0.29, 0.717) is 17.1 Å². The average molecular weight is 283 g/mol. The number of nitrogens with zero attached hydrogens (tertiary/aromatic N) is 1. The van der Waals surface area contributed by atoms with Crippen LogP contribution in [-0.4, -0.2) is 17.0 Å². The number of nitrogens with one attached hydrogen (secondary N) is 1. The van der Waals surface area contributed by atoms with Crippen molar-refractivity contribution in [1.82, 2.24) is 5.32 Å². The Hall–Kier alpha value is -1.39. The minimum Gasteiger partial charge on any atom is -0.308 e. The van der Waals surface area contributed by atoms with Crippen molar-refractivity contribution in [2.24, 2.45) is 0 Å². The van der Waals surface area contributed by atoms with Gasteiger partial charge in [0.2, 0.25) is 0 Å². The molecule has 0 saturated heterocycles. The number of hydrogen-bond donors (Lipinski definition) is 1. The Balaban J connectivity index is 2.90. The standard InChI is InChI=1S/C14H19ClN2O2/c1-10(9-16-14(2,3)4)7-11-8-12(17(18)19)5-6-13(11)15/h5-8,16H,9H2,1-4H3. The molecule has 0 aromatic heterocycles. The number of non-ortho nitro benzene ring substituents is 1. The predicted molar refractivity (Wildman–Crippen MR) is 79.5 cm³/mol. The normalized spacial score (nSPS) is 12.6. The Morgan fingerprint density at radius 3 is 2.63 bits per heavy atom. The molecule has 0 heterocycles. The molecule has 0 radical (unpaired) electrons. The van der Waals surface area contributed by atoms with E-state index >= 15 is 0 Å². The summed E-state index contributed by atoms with van der Waals surface area (Å²) in [7, 11) is 0. The molecule has 0 fully saturated rings. The van der Waals surface area contributed by atoms with Crippen molar-refractivity contribution in [3.05, 3.63) is 44.5 Å². The summed E-state index contributed by atoms with van der Waals surface area (Å²) in [5, 5.41) is 14.6. The van der Waals surface area contributed by atoms with E-state index in [9.17, 15) is 10.1 Å². The molecule has 0 saturated carbocycles. The second-order valence-electron chi connectivity index (χ2n) is 5.56. The van der Waals surface area contributed by atoms with E-state index in [1.807, 2.05) is 13.0 Å². The van der Waals surface area contributed by atoms with E-state index < -0.39 is 4.92 Å². The molecule has 1 aromatic rings. The molecular formula is C14H19ClN2O2. The van der Waals surface area contributed by atoms with Gasteiger partial charge in [0.05, 0.1) is 4.92 Å². The van der Waals surface area contributed by atoms with Crippen LogP contribution in [0.15, 0.2) is 23.8 Å². The fourth-order valence-corrected chi connectivity index (χ4v) is 1.65. The number of rotatable bonds is 4. The second-order valence-corrected chi connectivity index (χ2v) is 5.96. The summed E-state index contributed by atoms with van der Waals surface area (Å²) in [6.45, 7) is 8.93. The van der Waals surface area contributed by atoms with E-state index in [-0.39, 0.29) is 11.2 Å². The summed E-state index contributed by atoms with van der Waals surface area (Å²) in [5.74, 6) is 0. The predicted octanol–water partition coefficient (Wildman–Crippen LogP) is 4.04. The van der Waals surface area contributed by atoms with Crippen LogP contribution in [0.5, 0.6) is 0 Å². The largest absolute Gasteiger partial charge is 0.308 e. The van der Waals surface area contributed by atoms with Gasteiger partial charge >= 0.3 is 0 Å². The van der Waals surface area contributed by atoms with E-state index in [0.717, 1.165) is 5.57 Å². The molecule has 0 aliphatic rings. The summed E-state index contributed by atoms with van der Waals surface area (Å²) < 4.78 is 0. The van der Waals surface area contributed by atoms with E-state index in [4.69, 9.17) is 11.6 Å². The second kappa shape index (κ2) is 6.17. The molecule has 1 N–H and O–H groups in total. The average Bonchev–Trinajstić information content (AvgIpc) is 2.28. The Bertz CT molecular complexity index is 505. The zero-order chi connectivity index (χ0) is 14.6. The van der Waals surface area contributed by atoms with E-state index in [1.54, 1.807) is 6.07 Å². The molecule has 1 rings (SSSR count). The van der Waals surface area contributed by atoms with Crippen molar-refractivity contribution in [1.29, 1.82) is 0 Å². The van der Waals surface area contributed by atoms with Gasteiger partial charge in [-0.1, -0.05) is 23.3 Å². The lowest BCUT2D eigenvalue weighted by Crippen LogP contribution is -2.36. The Labute approximate surface area is 118 Å². The highest BCUT2D eigenvalue weighted by Crippen LogP contribution is 2.24. The third-order valence-corrected chi connectivity index (χ3v) is 2.83. The van der Waals surface area contributed by atoms with Crippen molar-refractivity contribution in [2.45, 2.75) is 33.2 Å². The van der Waals surface area contributed by atoms with Crippen LogP contribution in [0, 0.1) is 10.1 Å². The molecule has 0 amide bonds. The van der Waals surface area contributed by atoms with Gasteiger partial charge in [-0.15, -0.1) is 0 Å². The highest BCUT2D eigenvalue weighted by atomic mass is 35.5. The zero-order valence-electron chi connectivity index (χ0n) is 11.7. The van der Waals surface area contributed by atoms with Crippen LogP contribution in [0.4, 0.5) is 5.69 Å². The van der Waals surface area contributed by atoms with Gasteiger partial charge in [-0.25, -0.2) is 0 Å². The van der Waals surface area contributed by atoms with Gasteiger partial charge in [0.25, 0.3) is 5.69 Å². The van der Waals surface area contributed by atoms with Gasteiger partial charge in [0, 0.05) is 29.2 Å². The molecule has 4 nitrogen and oxygen atoms in total. The Kier molecular flexibility index (Phi) is 5.09. The van der Waals surface area contributed by atoms with Crippen LogP contribution in [0.25, 0.3) is 6.08 Å². The highest BCUT2D eigenvalue weighted by molar-refractivity contribution is 6.32. The van der Waals surface area contributed by atoms with Gasteiger partial charge in [-0.05, 0) is 39.3 Å². The van der Waals surface area contributed by atoms with Gasteiger partial charge in [-0.2, -0.15) is 0 Å². The highest BCUT2D eigenvalue weighted by Gasteiger charge is 2.10. The number of nitro groups is 1. The lowest BCUT2D eigenvalue weighted by Gasteiger charge is -2.20. The van der Waals surface area contributed by atoms with Crippen molar-refractivity contribution < 1.29 is 4.92 Å². The van der Waals surface area contributed by atoms with Crippen LogP contribution < -0.4 is 5.32 Å². The van der Waals surface area contributed by atoms with Gasteiger partial charge in [-0.3, -0.25) is 10.1 Å². The molecule has 0 atom stereocenters. The Morgan fingerprint density at radius 2 is 2.11 bits per heavy atom. The van der Waals surface area contributed by atoms with Crippen LogP contribution in [0.2, 0.25) is 5.02 Å². The van der Waals surface area contributed by atoms with Gasteiger partial charge in [0.1, 0.15) is 0 Å². The molecule has 0 bridgehead atoms. The molecule has 0 aliphatic carbocycles. The monoisotopic (exact) mass is 282 g/mol. The van der Waals surface area contributed by atoms with E-state index in [1.165, 1.54) is 12.1 Å². The first kappa shape index (κ1) is 15.7. The molecule has 0 aliphatic heterocycles. The van der Waals surface area contributed by atoms with Crippen LogP contribution in [-0.2, 0) is 0 Å². The van der Waals surface area contributed by atoms with Gasteiger partial charge in [0.15, 0.2) is 0 Å². The smallest absolute Gasteiger partial charge is 0.270 e. The summed E-state index contributed by atoms with van der Waals surface area (Å²) in [6, 6.07) is 4.45. The molecule has 1 aromatic carbocycles. The van der Waals surface area contributed by atoms with Gasteiger partial charge < -0.3 is 5.32 Å². The van der Waals surface area contributed by atoms with Crippen molar-refractivity contribution >= 4 is 23.4 Å². The first-order chi connectivity index (χ1) is 8.69. The number of halogens is 1. The third kappa shape index (κ3) is 5.41. The number of nitro benzene ring substituents is 1. The first-order valence-electron chi connectivity index (χ1n) is 6.05. The fourth-order valence-electron chi connectivity index (χ4n) is 1.48. The summed E-state index contributed by atoms with van der Waals surface area (Å²) >= 11 is 6.05. The SMILES string of the molecule is CC(=Cc1cc([N+](=O)[O-])ccc1Cl)CNC(C)(C)C. The molecule has 0 spiro atoms. The van der Waals surface area contributed by atoms with Crippen molar-refractivity contribution in [3.63, 3.8) is 0 Å². The zero-order valence-corrected chi connectivity index (χ0v) is 12.4.